The number of fused-ring (bicyclic) bond motifs is 1. The van der Waals surface area contributed by atoms with E-state index in [1.165, 1.54) is 5.56 Å². The van der Waals surface area contributed by atoms with Crippen molar-refractivity contribution < 1.29 is 19.3 Å². The van der Waals surface area contributed by atoms with Crippen molar-refractivity contribution in [1.29, 1.82) is 0 Å². The lowest BCUT2D eigenvalue weighted by atomic mass is 9.86. The van der Waals surface area contributed by atoms with Crippen LogP contribution >= 0.6 is 12.4 Å². The van der Waals surface area contributed by atoms with Crippen LogP contribution in [0.25, 0.3) is 0 Å². The number of aliphatic imine (C=N–C) groups is 1. The van der Waals surface area contributed by atoms with Gasteiger partial charge in [-0.15, -0.1) is 12.4 Å². The maximum absolute atomic E-state index is 10.4. The van der Waals surface area contributed by atoms with E-state index in [-0.39, 0.29) is 24.0 Å². The zero-order chi connectivity index (χ0) is 27.3. The van der Waals surface area contributed by atoms with Crippen molar-refractivity contribution in [2.24, 2.45) is 16.5 Å². The molecule has 4 rings (SSSR count). The second-order valence-electron chi connectivity index (χ2n) is 10.3. The van der Waals surface area contributed by atoms with E-state index in [2.05, 4.69) is 24.0 Å². The first-order chi connectivity index (χ1) is 18.1. The SMILES string of the molecule is Cc1c(C)c2c(c(C)c1O)CCC(C)(CCOc1ccc(CCCOc3cccc(N=C(N)N)c3)cc1)O2.Cl. The van der Waals surface area contributed by atoms with Crippen molar-refractivity contribution in [2.75, 3.05) is 13.2 Å². The quantitative estimate of drug-likeness (QED) is 0.156. The molecule has 0 amide bonds. The van der Waals surface area contributed by atoms with Gasteiger partial charge in [-0.3, -0.25) is 0 Å². The summed E-state index contributed by atoms with van der Waals surface area (Å²) in [7, 11) is 0. The van der Waals surface area contributed by atoms with Gasteiger partial charge in [-0.2, -0.15) is 0 Å². The molecule has 0 spiro atoms. The Morgan fingerprint density at radius 3 is 2.41 bits per heavy atom. The summed E-state index contributed by atoms with van der Waals surface area (Å²) in [4.78, 5) is 4.04. The third kappa shape index (κ3) is 7.51. The molecule has 0 saturated heterocycles. The zero-order valence-corrected chi connectivity index (χ0v) is 24.1. The van der Waals surface area contributed by atoms with Crippen LogP contribution in [-0.2, 0) is 12.8 Å². The number of nitrogens with zero attached hydrogens (tertiary/aromatic N) is 1. The number of hydrogen-bond acceptors (Lipinski definition) is 5. The van der Waals surface area contributed by atoms with Crippen LogP contribution < -0.4 is 25.7 Å². The topological polar surface area (TPSA) is 112 Å². The van der Waals surface area contributed by atoms with Crippen LogP contribution in [0.15, 0.2) is 53.5 Å². The molecule has 210 valence electrons. The molecular formula is C31H40ClN3O4. The average Bonchev–Trinajstić information content (AvgIpc) is 2.89. The molecule has 7 nitrogen and oxygen atoms in total. The highest BCUT2D eigenvalue weighted by molar-refractivity contribution is 5.85. The summed E-state index contributed by atoms with van der Waals surface area (Å²) in [5, 5.41) is 10.4. The molecule has 0 aliphatic carbocycles. The van der Waals surface area contributed by atoms with E-state index in [0.717, 1.165) is 71.6 Å². The largest absolute Gasteiger partial charge is 0.507 e. The number of benzene rings is 3. The van der Waals surface area contributed by atoms with Gasteiger partial charge in [0, 0.05) is 18.1 Å². The summed E-state index contributed by atoms with van der Waals surface area (Å²) in [5.41, 5.74) is 16.5. The summed E-state index contributed by atoms with van der Waals surface area (Å²) in [6.07, 6.45) is 4.37. The van der Waals surface area contributed by atoms with Crippen LogP contribution in [0, 0.1) is 20.8 Å². The molecule has 0 saturated carbocycles. The molecule has 0 bridgehead atoms. The number of aromatic hydroxyl groups is 1. The molecule has 5 N–H and O–H groups in total. The van der Waals surface area contributed by atoms with E-state index < -0.39 is 0 Å². The number of hydrogen-bond donors (Lipinski definition) is 3. The highest BCUT2D eigenvalue weighted by Crippen LogP contribution is 2.44. The summed E-state index contributed by atoms with van der Waals surface area (Å²) >= 11 is 0. The fourth-order valence-electron chi connectivity index (χ4n) is 4.87. The summed E-state index contributed by atoms with van der Waals surface area (Å²) in [6, 6.07) is 15.6. The predicted molar refractivity (Wildman–Crippen MR) is 159 cm³/mol. The standard InChI is InChI=1S/C31H39N3O4.ClH/c1-20-21(2)29-27(22(3)28(20)35)14-15-31(4,38-29)16-18-37-25-12-10-23(11-13-25)7-6-17-36-26-9-5-8-24(19-26)34-30(32)33;/h5,8-13,19,35H,6-7,14-18H2,1-4H3,(H4,32,33,34);1H. The summed E-state index contributed by atoms with van der Waals surface area (Å²) in [6.45, 7) is 9.27. The molecule has 39 heavy (non-hydrogen) atoms. The Balaban J connectivity index is 0.00000420. The minimum absolute atomic E-state index is 0. The molecule has 0 radical (unpaired) electrons. The lowest BCUT2D eigenvalue weighted by Gasteiger charge is -2.38. The normalized spacial score (nSPS) is 15.9. The van der Waals surface area contributed by atoms with Crippen molar-refractivity contribution in [2.45, 2.75) is 65.4 Å². The minimum atomic E-state index is -0.295. The van der Waals surface area contributed by atoms with E-state index in [9.17, 15) is 5.11 Å². The molecule has 3 aromatic carbocycles. The number of phenols is 1. The predicted octanol–water partition coefficient (Wildman–Crippen LogP) is 6.21. The van der Waals surface area contributed by atoms with E-state index in [1.807, 2.05) is 57.2 Å². The van der Waals surface area contributed by atoms with Crippen molar-refractivity contribution in [3.8, 4) is 23.0 Å². The van der Waals surface area contributed by atoms with E-state index in [4.69, 9.17) is 25.7 Å². The van der Waals surface area contributed by atoms with Gasteiger partial charge in [0.25, 0.3) is 0 Å². The molecule has 3 aromatic rings. The molecule has 1 atom stereocenters. The van der Waals surface area contributed by atoms with Crippen molar-refractivity contribution >= 4 is 24.1 Å². The fourth-order valence-corrected chi connectivity index (χ4v) is 4.87. The Bertz CT molecular complexity index is 1310. The molecule has 1 heterocycles. The number of ether oxygens (including phenoxy) is 3. The first-order valence-corrected chi connectivity index (χ1v) is 13.2. The van der Waals surface area contributed by atoms with Gasteiger partial charge in [0.05, 0.1) is 18.9 Å². The number of phenolic OH excluding ortho intramolecular Hbond substituents is 1. The monoisotopic (exact) mass is 553 g/mol. The molecular weight excluding hydrogens is 514 g/mol. The second-order valence-corrected chi connectivity index (χ2v) is 10.3. The highest BCUT2D eigenvalue weighted by Gasteiger charge is 2.34. The zero-order valence-electron chi connectivity index (χ0n) is 23.3. The number of rotatable bonds is 10. The summed E-state index contributed by atoms with van der Waals surface area (Å²) in [5.74, 6) is 2.95. The second kappa shape index (κ2) is 13.0. The average molecular weight is 554 g/mol. The molecule has 1 unspecified atom stereocenters. The van der Waals surface area contributed by atoms with Gasteiger partial charge in [-0.25, -0.2) is 4.99 Å². The van der Waals surface area contributed by atoms with Gasteiger partial charge in [-0.1, -0.05) is 18.2 Å². The van der Waals surface area contributed by atoms with Crippen molar-refractivity contribution in [3.05, 3.63) is 76.3 Å². The van der Waals surface area contributed by atoms with Crippen LogP contribution in [0.4, 0.5) is 5.69 Å². The molecule has 0 fully saturated rings. The first kappa shape index (κ1) is 30.0. The molecule has 8 heteroatoms. The Hall–Kier alpha value is -3.58. The lowest BCUT2D eigenvalue weighted by molar-refractivity contribution is 0.0411. The van der Waals surface area contributed by atoms with Crippen LogP contribution in [0.3, 0.4) is 0 Å². The Morgan fingerprint density at radius 1 is 0.974 bits per heavy atom. The Morgan fingerprint density at radius 2 is 1.69 bits per heavy atom. The third-order valence-electron chi connectivity index (χ3n) is 7.37. The van der Waals surface area contributed by atoms with E-state index in [1.54, 1.807) is 0 Å². The Labute approximate surface area is 237 Å². The molecule has 0 aromatic heterocycles. The van der Waals surface area contributed by atoms with E-state index >= 15 is 0 Å². The van der Waals surface area contributed by atoms with Gasteiger partial charge in [0.1, 0.15) is 28.6 Å². The number of halogens is 1. The maximum Gasteiger partial charge on any atom is 0.191 e. The highest BCUT2D eigenvalue weighted by atomic mass is 35.5. The van der Waals surface area contributed by atoms with Gasteiger partial charge in [0.2, 0.25) is 0 Å². The van der Waals surface area contributed by atoms with Crippen molar-refractivity contribution in [1.82, 2.24) is 0 Å². The van der Waals surface area contributed by atoms with Crippen molar-refractivity contribution in [3.63, 3.8) is 0 Å². The number of nitrogens with two attached hydrogens (primary N) is 2. The number of aryl methyl sites for hydroxylation is 1. The fraction of sp³-hybridized carbons (Fsp3) is 0.387. The maximum atomic E-state index is 10.4. The number of guanidine groups is 1. The molecule has 1 aliphatic rings. The van der Waals surface area contributed by atoms with Gasteiger partial charge < -0.3 is 30.8 Å². The minimum Gasteiger partial charge on any atom is -0.507 e. The van der Waals surface area contributed by atoms with Gasteiger partial charge in [0.15, 0.2) is 5.96 Å². The third-order valence-corrected chi connectivity index (χ3v) is 7.37. The first-order valence-electron chi connectivity index (χ1n) is 13.2. The van der Waals surface area contributed by atoms with Crippen LogP contribution in [0.1, 0.15) is 54.0 Å². The van der Waals surface area contributed by atoms with Gasteiger partial charge >= 0.3 is 0 Å². The van der Waals surface area contributed by atoms with Crippen LogP contribution in [0.2, 0.25) is 0 Å². The smallest absolute Gasteiger partial charge is 0.191 e. The molecule has 1 aliphatic heterocycles. The van der Waals surface area contributed by atoms with Crippen LogP contribution in [0.5, 0.6) is 23.0 Å². The Kier molecular flexibility index (Phi) is 9.97. The van der Waals surface area contributed by atoms with Gasteiger partial charge in [-0.05, 0) is 99.9 Å². The van der Waals surface area contributed by atoms with E-state index in [0.29, 0.717) is 24.7 Å². The summed E-state index contributed by atoms with van der Waals surface area (Å²) < 4.78 is 18.4. The lowest BCUT2D eigenvalue weighted by Crippen LogP contribution is -2.38. The van der Waals surface area contributed by atoms with Crippen LogP contribution in [-0.4, -0.2) is 29.9 Å².